The van der Waals surface area contributed by atoms with E-state index in [0.29, 0.717) is 19.5 Å². The number of piperidine rings is 1. The molecule has 2 aromatic carbocycles. The lowest BCUT2D eigenvalue weighted by atomic mass is 10.1. The van der Waals surface area contributed by atoms with Gasteiger partial charge >= 0.3 is 6.03 Å². The van der Waals surface area contributed by atoms with Gasteiger partial charge in [0.05, 0.1) is 7.11 Å². The molecule has 1 aliphatic rings. The van der Waals surface area contributed by atoms with Crippen molar-refractivity contribution < 1.29 is 14.3 Å². The molecule has 0 radical (unpaired) electrons. The van der Waals surface area contributed by atoms with Crippen molar-refractivity contribution in [2.75, 3.05) is 25.5 Å². The van der Waals surface area contributed by atoms with Crippen molar-refractivity contribution in [1.29, 1.82) is 0 Å². The van der Waals surface area contributed by atoms with Crippen molar-refractivity contribution in [3.05, 3.63) is 59.7 Å². The Hall–Kier alpha value is -3.02. The zero-order valence-corrected chi connectivity index (χ0v) is 16.2. The van der Waals surface area contributed by atoms with Crippen molar-refractivity contribution in [3.63, 3.8) is 0 Å². The predicted octanol–water partition coefficient (Wildman–Crippen LogP) is 3.57. The summed E-state index contributed by atoms with van der Waals surface area (Å²) in [6.45, 7) is 1.94. The Morgan fingerprint density at radius 3 is 2.68 bits per heavy atom. The molecule has 0 atom stereocenters. The fraction of sp³-hybridized carbons (Fsp3) is 0.364. The Kier molecular flexibility index (Phi) is 6.89. The zero-order chi connectivity index (χ0) is 19.8. The molecule has 3 amide bonds. The standard InChI is InChI=1S/C22H27N3O3/c1-28-20-10-8-17(9-11-20)12-13-23-22(27)24-19-6-4-5-18(15-19)16-25-14-3-2-7-21(25)26/h4-6,8-11,15H,2-3,7,12-14,16H2,1H3,(H2,23,24,27). The van der Waals surface area contributed by atoms with E-state index in [1.165, 1.54) is 0 Å². The Morgan fingerprint density at radius 1 is 1.11 bits per heavy atom. The maximum Gasteiger partial charge on any atom is 0.319 e. The van der Waals surface area contributed by atoms with Crippen LogP contribution in [0.25, 0.3) is 0 Å². The number of amides is 3. The molecule has 1 aliphatic heterocycles. The molecule has 6 heteroatoms. The Balaban J connectivity index is 1.46. The van der Waals surface area contributed by atoms with Gasteiger partial charge in [0.1, 0.15) is 5.75 Å². The van der Waals surface area contributed by atoms with Crippen LogP contribution in [0.1, 0.15) is 30.4 Å². The number of urea groups is 1. The number of nitrogens with one attached hydrogen (secondary N) is 2. The maximum atomic E-state index is 12.1. The Labute approximate surface area is 165 Å². The van der Waals surface area contributed by atoms with E-state index in [2.05, 4.69) is 10.6 Å². The molecule has 0 aliphatic carbocycles. The molecule has 3 rings (SSSR count). The number of likely N-dealkylation sites (tertiary alicyclic amines) is 1. The van der Waals surface area contributed by atoms with E-state index in [-0.39, 0.29) is 11.9 Å². The van der Waals surface area contributed by atoms with Crippen LogP contribution in [0.15, 0.2) is 48.5 Å². The predicted molar refractivity (Wildman–Crippen MR) is 109 cm³/mol. The molecule has 0 bridgehead atoms. The highest BCUT2D eigenvalue weighted by Gasteiger charge is 2.18. The number of benzene rings is 2. The molecule has 2 N–H and O–H groups in total. The molecule has 1 fully saturated rings. The topological polar surface area (TPSA) is 70.7 Å². The number of rotatable bonds is 7. The summed E-state index contributed by atoms with van der Waals surface area (Å²) in [5.41, 5.74) is 2.88. The Bertz CT molecular complexity index is 805. The second-order valence-corrected chi connectivity index (χ2v) is 6.95. The molecule has 0 unspecified atom stereocenters. The van der Waals surface area contributed by atoms with Gasteiger partial charge in [-0.05, 0) is 54.7 Å². The number of carbonyl (C=O) groups excluding carboxylic acids is 2. The monoisotopic (exact) mass is 381 g/mol. The van der Waals surface area contributed by atoms with Crippen molar-refractivity contribution >= 4 is 17.6 Å². The summed E-state index contributed by atoms with van der Waals surface area (Å²) < 4.78 is 5.14. The van der Waals surface area contributed by atoms with E-state index in [9.17, 15) is 9.59 Å². The average molecular weight is 381 g/mol. The molecule has 6 nitrogen and oxygen atoms in total. The molecular weight excluding hydrogens is 354 g/mol. The van der Waals surface area contributed by atoms with Gasteiger partial charge in [0.25, 0.3) is 0 Å². The summed E-state index contributed by atoms with van der Waals surface area (Å²) in [7, 11) is 1.64. The highest BCUT2D eigenvalue weighted by atomic mass is 16.5. The van der Waals surface area contributed by atoms with Crippen LogP contribution in [-0.2, 0) is 17.8 Å². The van der Waals surface area contributed by atoms with E-state index >= 15 is 0 Å². The van der Waals surface area contributed by atoms with E-state index in [1.807, 2.05) is 53.4 Å². The van der Waals surface area contributed by atoms with Gasteiger partial charge in [0, 0.05) is 31.7 Å². The maximum absolute atomic E-state index is 12.1. The van der Waals surface area contributed by atoms with Gasteiger partial charge in [0.2, 0.25) is 5.91 Å². The largest absolute Gasteiger partial charge is 0.497 e. The first kappa shape index (κ1) is 19.7. The quantitative estimate of drug-likeness (QED) is 0.770. The van der Waals surface area contributed by atoms with Crippen LogP contribution in [0.2, 0.25) is 0 Å². The van der Waals surface area contributed by atoms with E-state index in [0.717, 1.165) is 48.4 Å². The fourth-order valence-electron chi connectivity index (χ4n) is 3.28. The van der Waals surface area contributed by atoms with Gasteiger partial charge < -0.3 is 20.3 Å². The SMILES string of the molecule is COc1ccc(CCNC(=O)Nc2cccc(CN3CCCCC3=O)c2)cc1. The first-order valence-corrected chi connectivity index (χ1v) is 9.68. The summed E-state index contributed by atoms with van der Waals surface area (Å²) >= 11 is 0. The molecule has 2 aromatic rings. The van der Waals surface area contributed by atoms with E-state index in [4.69, 9.17) is 4.74 Å². The van der Waals surface area contributed by atoms with Crippen LogP contribution in [0, 0.1) is 0 Å². The highest BCUT2D eigenvalue weighted by Crippen LogP contribution is 2.17. The summed E-state index contributed by atoms with van der Waals surface area (Å²) in [4.78, 5) is 26.0. The third-order valence-corrected chi connectivity index (χ3v) is 4.84. The van der Waals surface area contributed by atoms with Crippen molar-refractivity contribution in [2.24, 2.45) is 0 Å². The molecule has 0 spiro atoms. The Morgan fingerprint density at radius 2 is 1.93 bits per heavy atom. The normalized spacial score (nSPS) is 13.9. The van der Waals surface area contributed by atoms with Crippen LogP contribution >= 0.6 is 0 Å². The molecule has 1 saturated heterocycles. The number of hydrogen-bond acceptors (Lipinski definition) is 3. The van der Waals surface area contributed by atoms with Crippen LogP contribution in [0.3, 0.4) is 0 Å². The first-order chi connectivity index (χ1) is 13.6. The van der Waals surface area contributed by atoms with Crippen molar-refractivity contribution in [1.82, 2.24) is 10.2 Å². The molecular formula is C22H27N3O3. The van der Waals surface area contributed by atoms with Gasteiger partial charge in [-0.25, -0.2) is 4.79 Å². The lowest BCUT2D eigenvalue weighted by Gasteiger charge is -2.26. The summed E-state index contributed by atoms with van der Waals surface area (Å²) in [6, 6.07) is 15.2. The van der Waals surface area contributed by atoms with Gasteiger partial charge in [-0.2, -0.15) is 0 Å². The van der Waals surface area contributed by atoms with E-state index in [1.54, 1.807) is 7.11 Å². The van der Waals surface area contributed by atoms with Crippen LogP contribution < -0.4 is 15.4 Å². The molecule has 148 valence electrons. The molecule has 1 heterocycles. The molecule has 0 aromatic heterocycles. The smallest absolute Gasteiger partial charge is 0.319 e. The molecule has 0 saturated carbocycles. The second-order valence-electron chi connectivity index (χ2n) is 6.95. The van der Waals surface area contributed by atoms with Crippen molar-refractivity contribution in [2.45, 2.75) is 32.2 Å². The van der Waals surface area contributed by atoms with Gasteiger partial charge in [-0.3, -0.25) is 4.79 Å². The third kappa shape index (κ3) is 5.74. The van der Waals surface area contributed by atoms with Crippen molar-refractivity contribution in [3.8, 4) is 5.75 Å². The van der Waals surface area contributed by atoms with Gasteiger partial charge in [-0.1, -0.05) is 24.3 Å². The number of hydrogen-bond donors (Lipinski definition) is 2. The van der Waals surface area contributed by atoms with Crippen LogP contribution in [0.4, 0.5) is 10.5 Å². The average Bonchev–Trinajstić information content (AvgIpc) is 2.70. The third-order valence-electron chi connectivity index (χ3n) is 4.84. The summed E-state index contributed by atoms with van der Waals surface area (Å²) in [5.74, 6) is 1.03. The fourth-order valence-corrected chi connectivity index (χ4v) is 3.28. The van der Waals surface area contributed by atoms with Crippen LogP contribution in [0.5, 0.6) is 5.75 Å². The van der Waals surface area contributed by atoms with Gasteiger partial charge in [-0.15, -0.1) is 0 Å². The lowest BCUT2D eigenvalue weighted by molar-refractivity contribution is -0.133. The minimum atomic E-state index is -0.236. The second kappa shape index (κ2) is 9.78. The van der Waals surface area contributed by atoms with Gasteiger partial charge in [0.15, 0.2) is 0 Å². The number of carbonyl (C=O) groups is 2. The molecule has 28 heavy (non-hydrogen) atoms. The number of ether oxygens (including phenoxy) is 1. The summed E-state index contributed by atoms with van der Waals surface area (Å²) in [6.07, 6.45) is 3.41. The summed E-state index contributed by atoms with van der Waals surface area (Å²) in [5, 5.41) is 5.73. The lowest BCUT2D eigenvalue weighted by Crippen LogP contribution is -2.34. The number of nitrogens with zero attached hydrogens (tertiary/aromatic N) is 1. The minimum absolute atomic E-state index is 0.209. The number of methoxy groups -OCH3 is 1. The minimum Gasteiger partial charge on any atom is -0.497 e. The number of anilines is 1. The zero-order valence-electron chi connectivity index (χ0n) is 16.2. The first-order valence-electron chi connectivity index (χ1n) is 9.68. The highest BCUT2D eigenvalue weighted by molar-refractivity contribution is 5.89. The van der Waals surface area contributed by atoms with E-state index < -0.39 is 0 Å². The van der Waals surface area contributed by atoms with Crippen LogP contribution in [-0.4, -0.2) is 37.0 Å².